The molecule has 0 saturated heterocycles. The maximum absolute atomic E-state index is 13.7. The van der Waals surface area contributed by atoms with Gasteiger partial charge < -0.3 is 5.32 Å². The van der Waals surface area contributed by atoms with E-state index in [9.17, 15) is 22.0 Å². The number of alkyl halides is 3. The zero-order valence-corrected chi connectivity index (χ0v) is 12.0. The summed E-state index contributed by atoms with van der Waals surface area (Å²) >= 11 is 5.45. The van der Waals surface area contributed by atoms with E-state index >= 15 is 0 Å². The van der Waals surface area contributed by atoms with Crippen molar-refractivity contribution in [2.45, 2.75) is 19.6 Å². The molecule has 0 fully saturated rings. The molecule has 0 aliphatic rings. The lowest BCUT2D eigenvalue weighted by Crippen LogP contribution is -2.11. The van der Waals surface area contributed by atoms with Crippen LogP contribution in [0, 0.1) is 18.6 Å². The number of nitrogens with one attached hydrogen (secondary N) is 1. The SMILES string of the molecule is Cc1nc(C(F)(F)F)ccc1NCc1ccc(F)c(Cl)c1F. The summed E-state index contributed by atoms with van der Waals surface area (Å²) in [6.45, 7) is 1.32. The van der Waals surface area contributed by atoms with E-state index in [-0.39, 0.29) is 17.8 Å². The van der Waals surface area contributed by atoms with E-state index in [1.807, 2.05) is 0 Å². The molecule has 2 rings (SSSR count). The first-order valence-corrected chi connectivity index (χ1v) is 6.49. The molecular formula is C14H10ClF5N2. The highest BCUT2D eigenvalue weighted by Gasteiger charge is 2.32. The van der Waals surface area contributed by atoms with E-state index in [0.29, 0.717) is 5.69 Å². The number of aryl methyl sites for hydroxylation is 1. The molecule has 22 heavy (non-hydrogen) atoms. The van der Waals surface area contributed by atoms with E-state index in [4.69, 9.17) is 11.6 Å². The van der Waals surface area contributed by atoms with Crippen molar-refractivity contribution in [2.75, 3.05) is 5.32 Å². The third-order valence-corrected chi connectivity index (χ3v) is 3.31. The maximum Gasteiger partial charge on any atom is 0.433 e. The molecule has 1 aromatic heterocycles. The molecule has 0 atom stereocenters. The van der Waals surface area contributed by atoms with Crippen LogP contribution in [0.3, 0.4) is 0 Å². The molecule has 2 nitrogen and oxygen atoms in total. The average molecular weight is 337 g/mol. The van der Waals surface area contributed by atoms with E-state index in [1.54, 1.807) is 0 Å². The van der Waals surface area contributed by atoms with Crippen LogP contribution in [0.1, 0.15) is 17.0 Å². The highest BCUT2D eigenvalue weighted by molar-refractivity contribution is 6.30. The van der Waals surface area contributed by atoms with E-state index in [0.717, 1.165) is 12.1 Å². The summed E-state index contributed by atoms with van der Waals surface area (Å²) in [6.07, 6.45) is -4.53. The minimum atomic E-state index is -4.53. The van der Waals surface area contributed by atoms with Crippen molar-refractivity contribution in [2.24, 2.45) is 0 Å². The minimum Gasteiger partial charge on any atom is -0.379 e. The first-order valence-electron chi connectivity index (χ1n) is 6.11. The molecule has 0 saturated carbocycles. The fraction of sp³-hybridized carbons (Fsp3) is 0.214. The summed E-state index contributed by atoms with van der Waals surface area (Å²) in [5.74, 6) is -1.79. The first-order chi connectivity index (χ1) is 10.2. The molecule has 2 aromatic rings. The third kappa shape index (κ3) is 3.47. The summed E-state index contributed by atoms with van der Waals surface area (Å²) in [5, 5.41) is 2.12. The zero-order valence-electron chi connectivity index (χ0n) is 11.2. The van der Waals surface area contributed by atoms with Gasteiger partial charge in [-0.1, -0.05) is 17.7 Å². The Hall–Kier alpha value is -1.89. The Morgan fingerprint density at radius 1 is 1.14 bits per heavy atom. The highest BCUT2D eigenvalue weighted by atomic mass is 35.5. The summed E-state index contributed by atoms with van der Waals surface area (Å²) in [6, 6.07) is 4.24. The Balaban J connectivity index is 2.18. The molecule has 0 aliphatic heterocycles. The molecular weight excluding hydrogens is 327 g/mol. The molecule has 1 aromatic carbocycles. The molecule has 8 heteroatoms. The third-order valence-electron chi connectivity index (χ3n) is 2.96. The number of hydrogen-bond acceptors (Lipinski definition) is 2. The predicted molar refractivity (Wildman–Crippen MR) is 72.7 cm³/mol. The van der Waals surface area contributed by atoms with Crippen molar-refractivity contribution in [3.8, 4) is 0 Å². The second-order valence-corrected chi connectivity index (χ2v) is 4.89. The Morgan fingerprint density at radius 3 is 2.41 bits per heavy atom. The molecule has 0 unspecified atom stereocenters. The molecule has 118 valence electrons. The second-order valence-electron chi connectivity index (χ2n) is 4.52. The van der Waals surface area contributed by atoms with Gasteiger partial charge in [0.2, 0.25) is 0 Å². The summed E-state index contributed by atoms with van der Waals surface area (Å²) in [7, 11) is 0. The van der Waals surface area contributed by atoms with Crippen LogP contribution in [0.2, 0.25) is 5.02 Å². The fourth-order valence-electron chi connectivity index (χ4n) is 1.80. The number of halogens is 6. The van der Waals surface area contributed by atoms with Crippen LogP contribution in [0.25, 0.3) is 0 Å². The fourth-order valence-corrected chi connectivity index (χ4v) is 1.98. The van der Waals surface area contributed by atoms with Crippen molar-refractivity contribution >= 4 is 17.3 Å². The summed E-state index contributed by atoms with van der Waals surface area (Å²) < 4.78 is 64.3. The highest BCUT2D eigenvalue weighted by Crippen LogP contribution is 2.29. The topological polar surface area (TPSA) is 24.9 Å². The van der Waals surface area contributed by atoms with Gasteiger partial charge in [-0.25, -0.2) is 13.8 Å². The smallest absolute Gasteiger partial charge is 0.379 e. The number of benzene rings is 1. The Kier molecular flexibility index (Phi) is 4.55. The number of hydrogen-bond donors (Lipinski definition) is 1. The monoisotopic (exact) mass is 336 g/mol. The molecule has 1 heterocycles. The van der Waals surface area contributed by atoms with Crippen molar-refractivity contribution < 1.29 is 22.0 Å². The van der Waals surface area contributed by atoms with Gasteiger partial charge >= 0.3 is 6.18 Å². The minimum absolute atomic E-state index is 0.0697. The van der Waals surface area contributed by atoms with Crippen LogP contribution >= 0.6 is 11.6 Å². The lowest BCUT2D eigenvalue weighted by Gasteiger charge is -2.12. The van der Waals surface area contributed by atoms with Crippen LogP contribution in [-0.4, -0.2) is 4.98 Å². The zero-order chi connectivity index (χ0) is 16.5. The van der Waals surface area contributed by atoms with Gasteiger partial charge in [0.15, 0.2) is 0 Å². The molecule has 0 amide bonds. The van der Waals surface area contributed by atoms with Crippen LogP contribution in [0.5, 0.6) is 0 Å². The van der Waals surface area contributed by atoms with E-state index in [1.165, 1.54) is 19.1 Å². The number of aromatic nitrogens is 1. The number of rotatable bonds is 3. The molecule has 1 N–H and O–H groups in total. The van der Waals surface area contributed by atoms with Gasteiger partial charge in [0.25, 0.3) is 0 Å². The van der Waals surface area contributed by atoms with Crippen LogP contribution < -0.4 is 5.32 Å². The molecule has 0 aliphatic carbocycles. The summed E-state index contributed by atoms with van der Waals surface area (Å²) in [5.41, 5.74) is -0.492. The maximum atomic E-state index is 13.7. The predicted octanol–water partition coefficient (Wildman–Crippen LogP) is 4.95. The average Bonchev–Trinajstić information content (AvgIpc) is 2.44. The normalized spacial score (nSPS) is 11.6. The van der Waals surface area contributed by atoms with Crippen LogP contribution in [0.4, 0.5) is 27.6 Å². The quantitative estimate of drug-likeness (QED) is 0.633. The van der Waals surface area contributed by atoms with Gasteiger partial charge in [-0.3, -0.25) is 0 Å². The van der Waals surface area contributed by atoms with Gasteiger partial charge in [0, 0.05) is 12.1 Å². The van der Waals surface area contributed by atoms with Gasteiger partial charge in [-0.05, 0) is 25.1 Å². The Bertz CT molecular complexity index is 700. The van der Waals surface area contributed by atoms with Crippen molar-refractivity contribution in [1.29, 1.82) is 0 Å². The first kappa shape index (κ1) is 16.5. The molecule has 0 radical (unpaired) electrons. The lowest BCUT2D eigenvalue weighted by molar-refractivity contribution is -0.141. The van der Waals surface area contributed by atoms with Crippen molar-refractivity contribution in [3.05, 3.63) is 57.9 Å². The lowest BCUT2D eigenvalue weighted by atomic mass is 10.2. The second kappa shape index (κ2) is 6.08. The number of pyridine rings is 1. The van der Waals surface area contributed by atoms with Crippen molar-refractivity contribution in [3.63, 3.8) is 0 Å². The van der Waals surface area contributed by atoms with Gasteiger partial charge in [0.05, 0.1) is 11.4 Å². The van der Waals surface area contributed by atoms with Gasteiger partial charge in [-0.15, -0.1) is 0 Å². The van der Waals surface area contributed by atoms with Crippen LogP contribution in [-0.2, 0) is 12.7 Å². The molecule has 0 bridgehead atoms. The molecule has 0 spiro atoms. The summed E-state index contributed by atoms with van der Waals surface area (Å²) in [4.78, 5) is 3.44. The van der Waals surface area contributed by atoms with Gasteiger partial charge in [0.1, 0.15) is 22.4 Å². The van der Waals surface area contributed by atoms with E-state index in [2.05, 4.69) is 10.3 Å². The Morgan fingerprint density at radius 2 is 1.82 bits per heavy atom. The standard InChI is InChI=1S/C14H10ClF5N2/c1-7-10(4-5-11(22-7)14(18,19)20)21-6-8-2-3-9(16)12(15)13(8)17/h2-5,21H,6H2,1H3. The number of anilines is 1. The van der Waals surface area contributed by atoms with Crippen molar-refractivity contribution in [1.82, 2.24) is 4.98 Å². The van der Waals surface area contributed by atoms with E-state index < -0.39 is 28.5 Å². The Labute approximate surface area is 127 Å². The van der Waals surface area contributed by atoms with Crippen LogP contribution in [0.15, 0.2) is 24.3 Å². The van der Waals surface area contributed by atoms with Gasteiger partial charge in [-0.2, -0.15) is 13.2 Å². The largest absolute Gasteiger partial charge is 0.433 e. The number of nitrogens with zero attached hydrogens (tertiary/aromatic N) is 1.